The fourth-order valence-electron chi connectivity index (χ4n) is 1.28. The highest BCUT2D eigenvalue weighted by Gasteiger charge is 1.98. The second-order valence-corrected chi connectivity index (χ2v) is 3.22. The lowest BCUT2D eigenvalue weighted by molar-refractivity contribution is 0.462. The average Bonchev–Trinajstić information content (AvgIpc) is 2.77. The van der Waals surface area contributed by atoms with Crippen molar-refractivity contribution in [3.8, 4) is 0 Å². The molecule has 0 saturated carbocycles. The van der Waals surface area contributed by atoms with Crippen LogP contribution in [0.3, 0.4) is 0 Å². The van der Waals surface area contributed by atoms with Crippen LogP contribution in [0.5, 0.6) is 0 Å². The normalized spacial score (nSPS) is 10.6. The van der Waals surface area contributed by atoms with Gasteiger partial charge in [0.1, 0.15) is 11.5 Å². The molecule has 0 aromatic carbocycles. The maximum atomic E-state index is 5.42. The lowest BCUT2D eigenvalue weighted by atomic mass is 10.3. The van der Waals surface area contributed by atoms with Gasteiger partial charge < -0.3 is 9.73 Å². The first-order valence-electron chi connectivity index (χ1n) is 4.58. The van der Waals surface area contributed by atoms with E-state index in [1.165, 1.54) is 0 Å². The largest absolute Gasteiger partial charge is 0.465 e. The lowest BCUT2D eigenvalue weighted by Crippen LogP contribution is -2.11. The Bertz CT molecular complexity index is 378. The van der Waals surface area contributed by atoms with Gasteiger partial charge in [0, 0.05) is 18.3 Å². The molecule has 0 aliphatic heterocycles. The first-order valence-corrected chi connectivity index (χ1v) is 4.58. The van der Waals surface area contributed by atoms with Crippen LogP contribution in [-0.2, 0) is 13.1 Å². The number of H-pyrrole nitrogens is 1. The summed E-state index contributed by atoms with van der Waals surface area (Å²) < 4.78 is 5.42. The van der Waals surface area contributed by atoms with E-state index in [2.05, 4.69) is 15.5 Å². The van der Waals surface area contributed by atoms with Gasteiger partial charge in [-0.1, -0.05) is 0 Å². The van der Waals surface area contributed by atoms with Gasteiger partial charge in [0.25, 0.3) is 0 Å². The fraction of sp³-hybridized carbons (Fsp3) is 0.300. The average molecular weight is 191 g/mol. The molecular weight excluding hydrogens is 178 g/mol. The molecule has 14 heavy (non-hydrogen) atoms. The Kier molecular flexibility index (Phi) is 2.65. The van der Waals surface area contributed by atoms with E-state index in [4.69, 9.17) is 4.42 Å². The van der Waals surface area contributed by atoms with Gasteiger partial charge in [-0.2, -0.15) is 5.10 Å². The van der Waals surface area contributed by atoms with Crippen molar-refractivity contribution in [3.63, 3.8) is 0 Å². The number of furan rings is 1. The second-order valence-electron chi connectivity index (χ2n) is 3.22. The van der Waals surface area contributed by atoms with E-state index in [1.54, 1.807) is 6.20 Å². The van der Waals surface area contributed by atoms with Crippen LogP contribution in [-0.4, -0.2) is 10.2 Å². The van der Waals surface area contributed by atoms with Crippen LogP contribution < -0.4 is 5.32 Å². The first-order chi connectivity index (χ1) is 6.84. The molecule has 4 nitrogen and oxygen atoms in total. The smallest absolute Gasteiger partial charge is 0.117 e. The molecule has 0 unspecified atom stereocenters. The van der Waals surface area contributed by atoms with Crippen LogP contribution in [0.25, 0.3) is 0 Å². The highest BCUT2D eigenvalue weighted by Crippen LogP contribution is 2.05. The summed E-state index contributed by atoms with van der Waals surface area (Å²) in [6, 6.07) is 3.95. The van der Waals surface area contributed by atoms with E-state index >= 15 is 0 Å². The van der Waals surface area contributed by atoms with Gasteiger partial charge in [0.05, 0.1) is 12.7 Å². The summed E-state index contributed by atoms with van der Waals surface area (Å²) in [4.78, 5) is 0. The van der Waals surface area contributed by atoms with E-state index in [0.717, 1.165) is 30.2 Å². The fourth-order valence-corrected chi connectivity index (χ4v) is 1.28. The van der Waals surface area contributed by atoms with Crippen molar-refractivity contribution in [3.05, 3.63) is 41.6 Å². The Labute approximate surface area is 82.3 Å². The number of aromatic nitrogens is 2. The summed E-state index contributed by atoms with van der Waals surface area (Å²) in [7, 11) is 0. The van der Waals surface area contributed by atoms with Crippen molar-refractivity contribution in [1.82, 2.24) is 15.5 Å². The third kappa shape index (κ3) is 2.23. The topological polar surface area (TPSA) is 53.9 Å². The lowest BCUT2D eigenvalue weighted by Gasteiger charge is -1.99. The van der Waals surface area contributed by atoms with Crippen LogP contribution in [0.15, 0.2) is 28.9 Å². The highest BCUT2D eigenvalue weighted by molar-refractivity contribution is 5.06. The summed E-state index contributed by atoms with van der Waals surface area (Å²) in [5, 5.41) is 9.90. The molecule has 0 saturated heterocycles. The number of aryl methyl sites for hydroxylation is 1. The Morgan fingerprint density at radius 1 is 1.43 bits per heavy atom. The summed E-state index contributed by atoms with van der Waals surface area (Å²) in [5.41, 5.74) is 1.15. The van der Waals surface area contributed by atoms with Crippen LogP contribution in [0.2, 0.25) is 0 Å². The zero-order chi connectivity index (χ0) is 9.80. The monoisotopic (exact) mass is 191 g/mol. The van der Waals surface area contributed by atoms with Crippen molar-refractivity contribution in [2.24, 2.45) is 0 Å². The third-order valence-corrected chi connectivity index (χ3v) is 1.98. The molecule has 2 aromatic heterocycles. The molecule has 0 amide bonds. The first kappa shape index (κ1) is 9.02. The zero-order valence-corrected chi connectivity index (χ0v) is 8.08. The molecule has 0 atom stereocenters. The van der Waals surface area contributed by atoms with E-state index in [0.29, 0.717) is 0 Å². The third-order valence-electron chi connectivity index (χ3n) is 1.98. The molecule has 74 valence electrons. The molecule has 0 spiro atoms. The van der Waals surface area contributed by atoms with Crippen LogP contribution in [0, 0.1) is 6.92 Å². The Balaban J connectivity index is 1.78. The molecule has 2 rings (SSSR count). The molecule has 0 aliphatic carbocycles. The van der Waals surface area contributed by atoms with Crippen LogP contribution >= 0.6 is 0 Å². The van der Waals surface area contributed by atoms with Gasteiger partial charge in [-0.3, -0.25) is 5.10 Å². The molecule has 0 bridgehead atoms. The molecule has 2 aromatic rings. The summed E-state index contributed by atoms with van der Waals surface area (Å²) >= 11 is 0. The Morgan fingerprint density at radius 3 is 3.00 bits per heavy atom. The highest BCUT2D eigenvalue weighted by atomic mass is 16.3. The van der Waals surface area contributed by atoms with Gasteiger partial charge in [-0.05, 0) is 19.1 Å². The van der Waals surface area contributed by atoms with Crippen molar-refractivity contribution in [2.75, 3.05) is 0 Å². The maximum absolute atomic E-state index is 5.42. The zero-order valence-electron chi connectivity index (χ0n) is 8.08. The quantitative estimate of drug-likeness (QED) is 0.771. The van der Waals surface area contributed by atoms with Gasteiger partial charge in [-0.25, -0.2) is 0 Å². The van der Waals surface area contributed by atoms with Gasteiger partial charge >= 0.3 is 0 Å². The minimum atomic E-state index is 0.749. The van der Waals surface area contributed by atoms with Crippen molar-refractivity contribution in [2.45, 2.75) is 20.0 Å². The minimum absolute atomic E-state index is 0.749. The van der Waals surface area contributed by atoms with E-state index in [9.17, 15) is 0 Å². The molecule has 2 heterocycles. The van der Waals surface area contributed by atoms with E-state index < -0.39 is 0 Å². The molecule has 0 fully saturated rings. The van der Waals surface area contributed by atoms with Gasteiger partial charge in [-0.15, -0.1) is 0 Å². The number of rotatable bonds is 4. The van der Waals surface area contributed by atoms with Crippen molar-refractivity contribution in [1.29, 1.82) is 0 Å². The van der Waals surface area contributed by atoms with Crippen molar-refractivity contribution >= 4 is 0 Å². The molecule has 2 N–H and O–H groups in total. The molecule has 0 aliphatic rings. The maximum Gasteiger partial charge on any atom is 0.117 e. The van der Waals surface area contributed by atoms with Crippen LogP contribution in [0.4, 0.5) is 0 Å². The number of nitrogens with zero attached hydrogens (tertiary/aromatic N) is 1. The van der Waals surface area contributed by atoms with Crippen molar-refractivity contribution < 1.29 is 4.42 Å². The summed E-state index contributed by atoms with van der Waals surface area (Å²) in [5.74, 6) is 1.91. The molecular formula is C10H13N3O. The van der Waals surface area contributed by atoms with Gasteiger partial charge in [0.15, 0.2) is 0 Å². The molecule has 0 radical (unpaired) electrons. The van der Waals surface area contributed by atoms with Gasteiger partial charge in [0.2, 0.25) is 0 Å². The standard InChI is InChI=1S/C10H13N3O/c1-8-2-3-10(14-8)7-11-4-9-5-12-13-6-9/h2-3,5-6,11H,4,7H2,1H3,(H,12,13). The predicted molar refractivity (Wildman–Crippen MR) is 52.6 cm³/mol. The number of aromatic amines is 1. The SMILES string of the molecule is Cc1ccc(CNCc2cn[nH]c2)o1. The Hall–Kier alpha value is -1.55. The molecule has 4 heteroatoms. The van der Waals surface area contributed by atoms with E-state index in [1.807, 2.05) is 25.3 Å². The summed E-state index contributed by atoms with van der Waals surface area (Å²) in [6.45, 7) is 3.49. The predicted octanol–water partition coefficient (Wildman–Crippen LogP) is 1.60. The van der Waals surface area contributed by atoms with E-state index in [-0.39, 0.29) is 0 Å². The summed E-state index contributed by atoms with van der Waals surface area (Å²) in [6.07, 6.45) is 3.68. The Morgan fingerprint density at radius 2 is 2.36 bits per heavy atom. The number of nitrogens with one attached hydrogen (secondary N) is 2. The minimum Gasteiger partial charge on any atom is -0.465 e. The number of hydrogen-bond acceptors (Lipinski definition) is 3. The number of hydrogen-bond donors (Lipinski definition) is 2. The van der Waals surface area contributed by atoms with Crippen LogP contribution in [0.1, 0.15) is 17.1 Å². The second kappa shape index (κ2) is 4.11.